The van der Waals surface area contributed by atoms with E-state index in [1.54, 1.807) is 13.2 Å². The molecule has 0 unspecified atom stereocenters. The van der Waals surface area contributed by atoms with E-state index in [0.717, 1.165) is 15.6 Å². The van der Waals surface area contributed by atoms with Crippen molar-refractivity contribution in [3.05, 3.63) is 58.1 Å². The average molecular weight is 442 g/mol. The Labute approximate surface area is 168 Å². The number of carboxylic acids is 1. The van der Waals surface area contributed by atoms with Gasteiger partial charge in [0.25, 0.3) is 0 Å². The van der Waals surface area contributed by atoms with E-state index in [9.17, 15) is 9.90 Å². The molecule has 0 spiro atoms. The number of aromatic amines is 1. The van der Waals surface area contributed by atoms with Crippen molar-refractivity contribution in [2.24, 2.45) is 0 Å². The van der Waals surface area contributed by atoms with E-state index < -0.39 is 11.6 Å². The second-order valence-corrected chi connectivity index (χ2v) is 7.78. The summed E-state index contributed by atoms with van der Waals surface area (Å²) in [5.41, 5.74) is 1.31. The summed E-state index contributed by atoms with van der Waals surface area (Å²) >= 11 is 3.42. The van der Waals surface area contributed by atoms with E-state index in [1.807, 2.05) is 36.4 Å². The first-order valence-electron chi connectivity index (χ1n) is 8.73. The van der Waals surface area contributed by atoms with Crippen LogP contribution in [0, 0.1) is 0 Å². The van der Waals surface area contributed by atoms with Gasteiger partial charge in [0.2, 0.25) is 5.60 Å². The van der Waals surface area contributed by atoms with E-state index in [0.29, 0.717) is 28.6 Å². The van der Waals surface area contributed by atoms with Crippen molar-refractivity contribution < 1.29 is 19.4 Å². The number of nitrogens with one attached hydrogen (secondary N) is 2. The van der Waals surface area contributed by atoms with Crippen molar-refractivity contribution in [2.45, 2.75) is 18.1 Å². The molecule has 3 heterocycles. The van der Waals surface area contributed by atoms with Crippen LogP contribution in [-0.4, -0.2) is 28.4 Å². The summed E-state index contributed by atoms with van der Waals surface area (Å²) in [5, 5.41) is 21.0. The monoisotopic (exact) mass is 441 g/mol. The first kappa shape index (κ1) is 17.1. The van der Waals surface area contributed by atoms with Crippen LogP contribution in [0.3, 0.4) is 0 Å². The van der Waals surface area contributed by atoms with Crippen LogP contribution in [0.5, 0.6) is 11.5 Å². The van der Waals surface area contributed by atoms with E-state index >= 15 is 0 Å². The highest BCUT2D eigenvalue weighted by atomic mass is 79.9. The van der Waals surface area contributed by atoms with Crippen molar-refractivity contribution in [3.8, 4) is 22.8 Å². The summed E-state index contributed by atoms with van der Waals surface area (Å²) in [7, 11) is 1.57. The van der Waals surface area contributed by atoms with E-state index in [2.05, 4.69) is 31.4 Å². The summed E-state index contributed by atoms with van der Waals surface area (Å²) in [6.07, 6.45) is 0.262. The van der Waals surface area contributed by atoms with Gasteiger partial charge in [-0.3, -0.25) is 5.10 Å². The minimum Gasteiger partial charge on any atom is -0.497 e. The maximum absolute atomic E-state index is 12.5. The topological polar surface area (TPSA) is 96.5 Å². The summed E-state index contributed by atoms with van der Waals surface area (Å²) in [6.45, 7) is 0. The molecule has 0 aliphatic carbocycles. The largest absolute Gasteiger partial charge is 0.497 e. The summed E-state index contributed by atoms with van der Waals surface area (Å²) < 4.78 is 12.4. The Balaban J connectivity index is 1.71. The van der Waals surface area contributed by atoms with Crippen LogP contribution in [-0.2, 0) is 10.4 Å². The molecule has 3 aromatic rings. The zero-order valence-corrected chi connectivity index (χ0v) is 16.4. The van der Waals surface area contributed by atoms with Crippen molar-refractivity contribution in [1.82, 2.24) is 10.2 Å². The Morgan fingerprint density at radius 2 is 2.11 bits per heavy atom. The quantitative estimate of drug-likeness (QED) is 0.566. The Hall–Kier alpha value is -3.00. The molecule has 142 valence electrons. The lowest BCUT2D eigenvalue weighted by atomic mass is 9.78. The Morgan fingerprint density at radius 3 is 2.82 bits per heavy atom. The second-order valence-electron chi connectivity index (χ2n) is 6.87. The minimum absolute atomic E-state index is 0.223. The van der Waals surface area contributed by atoms with E-state index in [-0.39, 0.29) is 12.5 Å². The number of H-pyrrole nitrogens is 1. The number of rotatable bonds is 3. The molecule has 2 atom stereocenters. The molecular weight excluding hydrogens is 426 g/mol. The maximum Gasteiger partial charge on any atom is 0.353 e. The van der Waals surface area contributed by atoms with Gasteiger partial charge in [-0.25, -0.2) is 4.79 Å². The zero-order chi connectivity index (χ0) is 19.5. The van der Waals surface area contributed by atoms with E-state index in [4.69, 9.17) is 9.47 Å². The fourth-order valence-corrected chi connectivity index (χ4v) is 4.26. The number of methoxy groups -OCH3 is 1. The van der Waals surface area contributed by atoms with Gasteiger partial charge in [0.1, 0.15) is 11.5 Å². The van der Waals surface area contributed by atoms with Crippen molar-refractivity contribution >= 4 is 27.7 Å². The van der Waals surface area contributed by atoms with E-state index in [1.165, 1.54) is 0 Å². The highest BCUT2D eigenvalue weighted by Crippen LogP contribution is 2.54. The van der Waals surface area contributed by atoms with Crippen LogP contribution in [0.1, 0.15) is 23.6 Å². The summed E-state index contributed by atoms with van der Waals surface area (Å²) in [6, 6.07) is 12.8. The molecule has 8 heteroatoms. The standard InChI is InChI=1S/C20H16BrN3O4/c1-27-12-6-7-13-14-9-20(19(25)26,28-15(13)8-12)16-17(23-24-18(16)22-14)10-2-4-11(21)5-3-10/h2-8,14H,9H2,1H3,(H,25,26)(H2,22,23,24)/t14-,20-/m1/s1. The van der Waals surface area contributed by atoms with Gasteiger partial charge in [-0.2, -0.15) is 5.10 Å². The number of aromatic nitrogens is 2. The average Bonchev–Trinajstić information content (AvgIpc) is 3.12. The predicted molar refractivity (Wildman–Crippen MR) is 106 cm³/mol. The van der Waals surface area contributed by atoms with Crippen LogP contribution >= 0.6 is 15.9 Å². The van der Waals surface area contributed by atoms with Gasteiger partial charge in [-0.1, -0.05) is 28.1 Å². The molecule has 5 rings (SSSR count). The fourth-order valence-electron chi connectivity index (χ4n) is 3.99. The summed E-state index contributed by atoms with van der Waals surface area (Å²) in [5.74, 6) is 0.561. The molecule has 7 nitrogen and oxygen atoms in total. The second kappa shape index (κ2) is 6.00. The third-order valence-electron chi connectivity index (χ3n) is 5.33. The van der Waals surface area contributed by atoms with Crippen molar-refractivity contribution in [1.29, 1.82) is 0 Å². The highest BCUT2D eigenvalue weighted by molar-refractivity contribution is 9.10. The number of ether oxygens (including phenoxy) is 2. The SMILES string of the molecule is COc1ccc2c(c1)O[C@]1(C(=O)O)C[C@H]2Nc2n[nH]c(-c3ccc(Br)cc3)c21. The van der Waals surface area contributed by atoms with Gasteiger partial charge in [-0.05, 0) is 24.3 Å². The predicted octanol–water partition coefficient (Wildman–Crippen LogP) is 4.08. The van der Waals surface area contributed by atoms with Gasteiger partial charge in [-0.15, -0.1) is 0 Å². The third kappa shape index (κ3) is 2.34. The number of carbonyl (C=O) groups is 1. The molecule has 0 amide bonds. The Morgan fingerprint density at radius 1 is 1.32 bits per heavy atom. The number of carboxylic acid groups (broad SMARTS) is 1. The first-order valence-corrected chi connectivity index (χ1v) is 9.53. The lowest BCUT2D eigenvalue weighted by Gasteiger charge is -2.43. The molecule has 1 aromatic heterocycles. The minimum atomic E-state index is -1.54. The smallest absolute Gasteiger partial charge is 0.353 e. The molecule has 0 saturated heterocycles. The third-order valence-corrected chi connectivity index (χ3v) is 5.86. The number of halogens is 1. The molecule has 0 saturated carbocycles. The molecule has 3 N–H and O–H groups in total. The number of benzene rings is 2. The normalized spacial score (nSPS) is 21.7. The summed E-state index contributed by atoms with van der Waals surface area (Å²) in [4.78, 5) is 12.5. The lowest BCUT2D eigenvalue weighted by Crippen LogP contribution is -2.49. The first-order chi connectivity index (χ1) is 13.5. The highest BCUT2D eigenvalue weighted by Gasteiger charge is 2.55. The Kier molecular flexibility index (Phi) is 3.67. The van der Waals surface area contributed by atoms with Crippen molar-refractivity contribution in [3.63, 3.8) is 0 Å². The number of fused-ring (bicyclic) bond motifs is 6. The molecule has 2 aliphatic heterocycles. The van der Waals surface area contributed by atoms with Gasteiger partial charge in [0.15, 0.2) is 5.82 Å². The lowest BCUT2D eigenvalue weighted by molar-refractivity contribution is -0.159. The van der Waals surface area contributed by atoms with Crippen molar-refractivity contribution in [2.75, 3.05) is 12.4 Å². The van der Waals surface area contributed by atoms with Crippen LogP contribution in [0.25, 0.3) is 11.3 Å². The molecule has 2 aliphatic rings. The van der Waals surface area contributed by atoms with Gasteiger partial charge in [0, 0.05) is 28.1 Å². The van der Waals surface area contributed by atoms with Crippen LogP contribution < -0.4 is 14.8 Å². The molecule has 0 radical (unpaired) electrons. The van der Waals surface area contributed by atoms with Crippen LogP contribution in [0.4, 0.5) is 5.82 Å². The molecule has 2 bridgehead atoms. The van der Waals surface area contributed by atoms with Gasteiger partial charge in [0.05, 0.1) is 24.4 Å². The molecule has 2 aromatic carbocycles. The zero-order valence-electron chi connectivity index (χ0n) is 14.8. The molecule has 0 fully saturated rings. The van der Waals surface area contributed by atoms with Crippen LogP contribution in [0.2, 0.25) is 0 Å². The van der Waals surface area contributed by atoms with Gasteiger partial charge >= 0.3 is 5.97 Å². The maximum atomic E-state index is 12.5. The Bertz CT molecular complexity index is 1100. The number of anilines is 1. The number of nitrogens with zero attached hydrogens (tertiary/aromatic N) is 1. The number of hydrogen-bond donors (Lipinski definition) is 3. The molecular formula is C20H16BrN3O4. The fraction of sp³-hybridized carbons (Fsp3) is 0.200. The van der Waals surface area contributed by atoms with Gasteiger partial charge < -0.3 is 19.9 Å². The molecule has 28 heavy (non-hydrogen) atoms. The number of aliphatic carboxylic acids is 1. The number of hydrogen-bond acceptors (Lipinski definition) is 5. The van der Waals surface area contributed by atoms with Crippen LogP contribution in [0.15, 0.2) is 46.9 Å².